The molecule has 2 N–H and O–H groups in total. The fourth-order valence-corrected chi connectivity index (χ4v) is 3.98. The summed E-state index contributed by atoms with van der Waals surface area (Å²) in [7, 11) is 0. The molecule has 0 radical (unpaired) electrons. The largest absolute Gasteiger partial charge is 0.352 e. The molecule has 2 saturated heterocycles. The van der Waals surface area contributed by atoms with Crippen LogP contribution in [0.1, 0.15) is 49.5 Å². The molecule has 0 unspecified atom stereocenters. The van der Waals surface area contributed by atoms with Crippen LogP contribution >= 0.6 is 0 Å². The zero-order valence-corrected chi connectivity index (χ0v) is 17.9. The van der Waals surface area contributed by atoms with Gasteiger partial charge in [0, 0.05) is 36.8 Å². The summed E-state index contributed by atoms with van der Waals surface area (Å²) in [5, 5.41) is 5.96. The quantitative estimate of drug-likeness (QED) is 0.811. The van der Waals surface area contributed by atoms with Gasteiger partial charge in [-0.05, 0) is 83.3 Å². The number of urea groups is 1. The molecule has 0 atom stereocenters. The second kappa shape index (κ2) is 8.69. The Morgan fingerprint density at radius 2 is 1.79 bits per heavy atom. The highest BCUT2D eigenvalue weighted by Crippen LogP contribution is 2.23. The van der Waals surface area contributed by atoms with Crippen molar-refractivity contribution in [1.82, 2.24) is 20.4 Å². The maximum Gasteiger partial charge on any atom is 0.317 e. The van der Waals surface area contributed by atoms with E-state index in [4.69, 9.17) is 0 Å². The molecule has 0 aliphatic carbocycles. The molecule has 160 valence electrons. The van der Waals surface area contributed by atoms with Crippen molar-refractivity contribution in [2.75, 3.05) is 32.7 Å². The Morgan fingerprint density at radius 3 is 2.38 bits per heavy atom. The van der Waals surface area contributed by atoms with Crippen LogP contribution in [0.5, 0.6) is 0 Å². The Hall–Kier alpha value is -2.15. The number of amides is 3. The van der Waals surface area contributed by atoms with E-state index in [1.807, 2.05) is 25.7 Å². The van der Waals surface area contributed by atoms with Gasteiger partial charge in [-0.25, -0.2) is 9.18 Å². The van der Waals surface area contributed by atoms with Gasteiger partial charge in [0.05, 0.1) is 0 Å². The molecule has 3 amide bonds. The fourth-order valence-electron chi connectivity index (χ4n) is 3.98. The molecular formula is C22H33FN4O2. The first kappa shape index (κ1) is 21.6. The van der Waals surface area contributed by atoms with E-state index in [2.05, 4.69) is 15.5 Å². The fraction of sp³-hybridized carbons (Fsp3) is 0.636. The molecule has 0 aromatic heterocycles. The number of piperidine rings is 1. The van der Waals surface area contributed by atoms with E-state index in [1.54, 1.807) is 13.0 Å². The highest BCUT2D eigenvalue weighted by atomic mass is 19.1. The van der Waals surface area contributed by atoms with Crippen molar-refractivity contribution in [3.8, 4) is 0 Å². The number of carbonyl (C=O) groups excluding carboxylic acids is 2. The summed E-state index contributed by atoms with van der Waals surface area (Å²) in [6.07, 6.45) is 2.04. The molecule has 0 bridgehead atoms. The lowest BCUT2D eigenvalue weighted by Crippen LogP contribution is -2.65. The van der Waals surface area contributed by atoms with E-state index < -0.39 is 0 Å². The van der Waals surface area contributed by atoms with Crippen molar-refractivity contribution in [2.45, 2.75) is 52.1 Å². The van der Waals surface area contributed by atoms with E-state index >= 15 is 0 Å². The van der Waals surface area contributed by atoms with Crippen molar-refractivity contribution >= 4 is 11.9 Å². The Bertz CT molecular complexity index is 727. The summed E-state index contributed by atoms with van der Waals surface area (Å²) in [6.45, 7) is 11.9. The first-order valence-corrected chi connectivity index (χ1v) is 10.5. The average Bonchev–Trinajstić information content (AvgIpc) is 2.57. The topological polar surface area (TPSA) is 64.7 Å². The second-order valence-electron chi connectivity index (χ2n) is 9.45. The van der Waals surface area contributed by atoms with Crippen LogP contribution in [0.3, 0.4) is 0 Å². The normalized spacial score (nSPS) is 19.0. The van der Waals surface area contributed by atoms with Crippen LogP contribution in [0, 0.1) is 18.7 Å². The van der Waals surface area contributed by atoms with Gasteiger partial charge in [0.25, 0.3) is 5.91 Å². The Labute approximate surface area is 172 Å². The van der Waals surface area contributed by atoms with E-state index in [1.165, 1.54) is 12.1 Å². The van der Waals surface area contributed by atoms with Crippen LogP contribution in [0.2, 0.25) is 0 Å². The molecule has 2 heterocycles. The van der Waals surface area contributed by atoms with Gasteiger partial charge in [-0.15, -0.1) is 0 Å². The van der Waals surface area contributed by atoms with E-state index in [0.29, 0.717) is 24.1 Å². The highest BCUT2D eigenvalue weighted by Gasteiger charge is 2.37. The highest BCUT2D eigenvalue weighted by molar-refractivity contribution is 5.94. The van der Waals surface area contributed by atoms with E-state index in [9.17, 15) is 14.0 Å². The zero-order chi connectivity index (χ0) is 21.2. The van der Waals surface area contributed by atoms with Gasteiger partial charge in [-0.2, -0.15) is 0 Å². The van der Waals surface area contributed by atoms with Crippen molar-refractivity contribution in [1.29, 1.82) is 0 Å². The van der Waals surface area contributed by atoms with Gasteiger partial charge in [-0.3, -0.25) is 9.69 Å². The van der Waals surface area contributed by atoms with Crippen molar-refractivity contribution in [3.63, 3.8) is 0 Å². The van der Waals surface area contributed by atoms with Gasteiger partial charge in [0.15, 0.2) is 0 Å². The van der Waals surface area contributed by atoms with Gasteiger partial charge >= 0.3 is 6.03 Å². The number of aryl methyl sites for hydroxylation is 1. The molecule has 2 aliphatic heterocycles. The molecule has 1 aromatic carbocycles. The third-order valence-corrected chi connectivity index (χ3v) is 5.65. The summed E-state index contributed by atoms with van der Waals surface area (Å²) in [4.78, 5) is 28.8. The Balaban J connectivity index is 1.37. The van der Waals surface area contributed by atoms with Gasteiger partial charge in [-0.1, -0.05) is 0 Å². The van der Waals surface area contributed by atoms with Crippen molar-refractivity contribution < 1.29 is 14.0 Å². The number of hydrogen-bond donors (Lipinski definition) is 2. The van der Waals surface area contributed by atoms with E-state index in [-0.39, 0.29) is 23.3 Å². The predicted molar refractivity (Wildman–Crippen MR) is 111 cm³/mol. The minimum Gasteiger partial charge on any atom is -0.352 e. The third kappa shape index (κ3) is 5.92. The summed E-state index contributed by atoms with van der Waals surface area (Å²) < 4.78 is 13.5. The smallest absolute Gasteiger partial charge is 0.317 e. The van der Waals surface area contributed by atoms with Gasteiger partial charge in [0.1, 0.15) is 5.82 Å². The minimum absolute atomic E-state index is 0.0129. The monoisotopic (exact) mass is 404 g/mol. The summed E-state index contributed by atoms with van der Waals surface area (Å²) in [5.41, 5.74) is 0.909. The molecule has 7 heteroatoms. The van der Waals surface area contributed by atoms with Gasteiger partial charge in [0.2, 0.25) is 0 Å². The maximum atomic E-state index is 13.5. The molecule has 0 spiro atoms. The summed E-state index contributed by atoms with van der Waals surface area (Å²) >= 11 is 0. The number of halogens is 1. The van der Waals surface area contributed by atoms with Crippen molar-refractivity contribution in [3.05, 3.63) is 35.1 Å². The van der Waals surface area contributed by atoms with Crippen LogP contribution in [0.15, 0.2) is 18.2 Å². The van der Waals surface area contributed by atoms with Gasteiger partial charge < -0.3 is 15.5 Å². The van der Waals surface area contributed by atoms with Crippen LogP contribution < -0.4 is 10.6 Å². The molecule has 6 nitrogen and oxygen atoms in total. The number of nitrogens with one attached hydrogen (secondary N) is 2. The SMILES string of the molecule is Cc1cc(F)cc(C(=O)NCC2CCN(C3CN(C(=O)NC(C)(C)C)C3)CC2)c1. The number of hydrogen-bond acceptors (Lipinski definition) is 3. The molecule has 2 aliphatic rings. The lowest BCUT2D eigenvalue weighted by Gasteiger charge is -2.48. The summed E-state index contributed by atoms with van der Waals surface area (Å²) in [5.74, 6) is -0.158. The predicted octanol–water partition coefficient (Wildman–Crippen LogP) is 2.77. The molecule has 29 heavy (non-hydrogen) atoms. The lowest BCUT2D eigenvalue weighted by molar-refractivity contribution is 0.0331. The lowest BCUT2D eigenvalue weighted by atomic mass is 9.94. The number of likely N-dealkylation sites (tertiary alicyclic amines) is 2. The van der Waals surface area contributed by atoms with E-state index in [0.717, 1.165) is 44.6 Å². The molecule has 0 saturated carbocycles. The zero-order valence-electron chi connectivity index (χ0n) is 17.9. The van der Waals surface area contributed by atoms with Crippen LogP contribution in [0.4, 0.5) is 9.18 Å². The molecular weight excluding hydrogens is 371 g/mol. The molecule has 2 fully saturated rings. The Morgan fingerprint density at radius 1 is 1.14 bits per heavy atom. The average molecular weight is 405 g/mol. The standard InChI is InChI=1S/C22H33FN4O2/c1-15-9-17(11-18(23)10-15)20(28)24-12-16-5-7-26(8-6-16)19-13-27(14-19)21(29)25-22(2,3)4/h9-11,16,19H,5-8,12-14H2,1-4H3,(H,24,28)(H,25,29). The number of rotatable bonds is 4. The van der Waals surface area contributed by atoms with Crippen LogP contribution in [0.25, 0.3) is 0 Å². The molecule has 1 aromatic rings. The number of carbonyl (C=O) groups is 2. The Kier molecular flexibility index (Phi) is 6.46. The van der Waals surface area contributed by atoms with Crippen LogP contribution in [-0.2, 0) is 0 Å². The van der Waals surface area contributed by atoms with Crippen LogP contribution in [-0.4, -0.2) is 66.0 Å². The molecule has 3 rings (SSSR count). The first-order chi connectivity index (χ1) is 13.6. The maximum absolute atomic E-state index is 13.5. The minimum atomic E-state index is -0.380. The first-order valence-electron chi connectivity index (χ1n) is 10.5. The third-order valence-electron chi connectivity index (χ3n) is 5.65. The van der Waals surface area contributed by atoms with Crippen molar-refractivity contribution in [2.24, 2.45) is 5.92 Å². The summed E-state index contributed by atoms with van der Waals surface area (Å²) in [6, 6.07) is 4.86. The number of benzene rings is 1. The number of nitrogens with zero attached hydrogens (tertiary/aromatic N) is 2. The second-order valence-corrected chi connectivity index (χ2v) is 9.45.